The molecule has 0 aliphatic heterocycles. The Bertz CT molecular complexity index is 1330. The Labute approximate surface area is 281 Å². The number of hydrogen-bond acceptors (Lipinski definition) is 6. The van der Waals surface area contributed by atoms with Crippen molar-refractivity contribution < 1.29 is 18.9 Å². The fourth-order valence-electron chi connectivity index (χ4n) is 4.73. The Morgan fingerprint density at radius 2 is 0.702 bits per heavy atom. The molecule has 4 aromatic rings. The van der Waals surface area contributed by atoms with E-state index in [1.165, 1.54) is 38.5 Å². The van der Waals surface area contributed by atoms with E-state index in [-0.39, 0.29) is 0 Å². The highest BCUT2D eigenvalue weighted by Crippen LogP contribution is 2.21. The molecular weight excluding hydrogens is 584 g/mol. The summed E-state index contributed by atoms with van der Waals surface area (Å²) in [6.07, 6.45) is 14.1. The van der Waals surface area contributed by atoms with Crippen LogP contribution >= 0.6 is 0 Å². The van der Waals surface area contributed by atoms with E-state index in [2.05, 4.69) is 23.8 Å². The zero-order valence-electron chi connectivity index (χ0n) is 28.1. The monoisotopic (exact) mass is 634 g/mol. The number of nitrogens with zero attached hydrogens (tertiary/aromatic N) is 2. The van der Waals surface area contributed by atoms with E-state index in [0.29, 0.717) is 13.2 Å². The van der Waals surface area contributed by atoms with Crippen molar-refractivity contribution in [1.29, 1.82) is 0 Å². The van der Waals surface area contributed by atoms with Gasteiger partial charge in [-0.1, -0.05) is 52.4 Å². The van der Waals surface area contributed by atoms with Gasteiger partial charge in [-0.2, -0.15) is 0 Å². The molecule has 0 aromatic heterocycles. The molecule has 0 aliphatic rings. The predicted molar refractivity (Wildman–Crippen MR) is 195 cm³/mol. The summed E-state index contributed by atoms with van der Waals surface area (Å²) in [5.41, 5.74) is 3.82. The maximum atomic E-state index is 5.90. The third-order valence-electron chi connectivity index (χ3n) is 7.52. The van der Waals surface area contributed by atoms with E-state index in [4.69, 9.17) is 18.9 Å². The van der Waals surface area contributed by atoms with Gasteiger partial charge >= 0.3 is 0 Å². The molecule has 248 valence electrons. The number of ether oxygens (including phenoxy) is 4. The standard InChI is InChI=1S/C41H50N2O4/c1-3-5-7-9-28-44-40-24-16-36(17-25-40)42-32-34-12-20-38(21-13-34)46-30-11-31-47-39-22-14-35(15-23-39)33-43-37-18-26-41(27-19-37)45-29-10-8-6-4-2/h12-27,32-33H,3-11,28-31H2,1-2H3. The van der Waals surface area contributed by atoms with Gasteiger partial charge in [0.25, 0.3) is 0 Å². The normalized spacial score (nSPS) is 11.3. The fourth-order valence-corrected chi connectivity index (χ4v) is 4.73. The minimum absolute atomic E-state index is 0.577. The summed E-state index contributed by atoms with van der Waals surface area (Å²) in [7, 11) is 0. The molecule has 0 bridgehead atoms. The Morgan fingerprint density at radius 3 is 1.04 bits per heavy atom. The summed E-state index contributed by atoms with van der Waals surface area (Å²) in [4.78, 5) is 9.16. The van der Waals surface area contributed by atoms with Crippen LogP contribution in [-0.4, -0.2) is 38.9 Å². The maximum absolute atomic E-state index is 5.90. The molecular formula is C41H50N2O4. The van der Waals surface area contributed by atoms with Crippen molar-refractivity contribution in [2.24, 2.45) is 9.98 Å². The van der Waals surface area contributed by atoms with E-state index in [1.54, 1.807) is 0 Å². The highest BCUT2D eigenvalue weighted by Gasteiger charge is 2.00. The summed E-state index contributed by atoms with van der Waals surface area (Å²) in [5.74, 6) is 3.44. The van der Waals surface area contributed by atoms with Crippen LogP contribution in [-0.2, 0) is 0 Å². The van der Waals surface area contributed by atoms with E-state index >= 15 is 0 Å². The molecule has 47 heavy (non-hydrogen) atoms. The lowest BCUT2D eigenvalue weighted by Crippen LogP contribution is -2.05. The number of unbranched alkanes of at least 4 members (excludes halogenated alkanes) is 6. The number of benzene rings is 4. The Morgan fingerprint density at radius 1 is 0.383 bits per heavy atom. The highest BCUT2D eigenvalue weighted by atomic mass is 16.5. The molecule has 0 atom stereocenters. The van der Waals surface area contributed by atoms with Crippen LogP contribution in [0.15, 0.2) is 107 Å². The van der Waals surface area contributed by atoms with Gasteiger partial charge in [0.05, 0.1) is 37.8 Å². The van der Waals surface area contributed by atoms with Crippen LogP contribution < -0.4 is 18.9 Å². The molecule has 0 heterocycles. The SMILES string of the molecule is CCCCCCOc1ccc(N=Cc2ccc(OCCCOc3ccc(C=Nc4ccc(OCCCCCC)cc4)cc3)cc2)cc1. The highest BCUT2D eigenvalue weighted by molar-refractivity contribution is 5.82. The molecule has 0 radical (unpaired) electrons. The van der Waals surface area contributed by atoms with Crippen LogP contribution in [0, 0.1) is 0 Å². The molecule has 0 amide bonds. The minimum atomic E-state index is 0.577. The van der Waals surface area contributed by atoms with Crippen molar-refractivity contribution >= 4 is 23.8 Å². The van der Waals surface area contributed by atoms with Crippen molar-refractivity contribution in [1.82, 2.24) is 0 Å². The lowest BCUT2D eigenvalue weighted by molar-refractivity contribution is 0.247. The van der Waals surface area contributed by atoms with Gasteiger partial charge in [-0.3, -0.25) is 9.98 Å². The van der Waals surface area contributed by atoms with Crippen molar-refractivity contribution in [2.45, 2.75) is 71.6 Å². The first-order chi connectivity index (χ1) is 23.2. The quantitative estimate of drug-likeness (QED) is 0.0637. The maximum Gasteiger partial charge on any atom is 0.119 e. The third kappa shape index (κ3) is 14.2. The Balaban J connectivity index is 1.09. The second-order valence-electron chi connectivity index (χ2n) is 11.5. The molecule has 4 aromatic carbocycles. The van der Waals surface area contributed by atoms with Gasteiger partial charge in [-0.15, -0.1) is 0 Å². The Hall–Kier alpha value is -4.58. The largest absolute Gasteiger partial charge is 0.494 e. The van der Waals surface area contributed by atoms with Crippen LogP contribution in [0.4, 0.5) is 11.4 Å². The van der Waals surface area contributed by atoms with E-state index < -0.39 is 0 Å². The van der Waals surface area contributed by atoms with Crippen LogP contribution in [0.3, 0.4) is 0 Å². The predicted octanol–water partition coefficient (Wildman–Crippen LogP) is 11.0. The molecule has 6 heteroatoms. The second kappa shape index (κ2) is 21.3. The number of hydrogen-bond donors (Lipinski definition) is 0. The summed E-state index contributed by atoms with van der Waals surface area (Å²) >= 11 is 0. The van der Waals surface area contributed by atoms with Crippen molar-refractivity contribution in [3.05, 3.63) is 108 Å². The summed E-state index contributed by atoms with van der Waals surface area (Å²) < 4.78 is 23.4. The van der Waals surface area contributed by atoms with Gasteiger partial charge in [-0.05, 0) is 121 Å². The first kappa shape index (κ1) is 35.3. The first-order valence-electron chi connectivity index (χ1n) is 17.2. The molecule has 0 aliphatic carbocycles. The lowest BCUT2D eigenvalue weighted by Gasteiger charge is -2.08. The topological polar surface area (TPSA) is 61.6 Å². The molecule has 0 unspecified atom stereocenters. The molecule has 0 N–H and O–H groups in total. The average Bonchev–Trinajstić information content (AvgIpc) is 3.11. The average molecular weight is 635 g/mol. The van der Waals surface area contributed by atoms with Gasteiger partial charge < -0.3 is 18.9 Å². The van der Waals surface area contributed by atoms with Crippen molar-refractivity contribution in [3.8, 4) is 23.0 Å². The van der Waals surface area contributed by atoms with Crippen LogP contribution in [0.25, 0.3) is 0 Å². The molecule has 6 nitrogen and oxygen atoms in total. The minimum Gasteiger partial charge on any atom is -0.494 e. The molecule has 0 saturated heterocycles. The number of aliphatic imine (C=N–C) groups is 2. The fraction of sp³-hybridized carbons (Fsp3) is 0.366. The summed E-state index contributed by atoms with van der Waals surface area (Å²) in [6.45, 7) is 7.12. The molecule has 0 saturated carbocycles. The van der Waals surface area contributed by atoms with Crippen LogP contribution in [0.5, 0.6) is 23.0 Å². The van der Waals surface area contributed by atoms with Crippen molar-refractivity contribution in [3.63, 3.8) is 0 Å². The summed E-state index contributed by atoms with van der Waals surface area (Å²) in [5, 5.41) is 0. The molecule has 0 fully saturated rings. The van der Waals surface area contributed by atoms with E-state index in [0.717, 1.165) is 78.0 Å². The second-order valence-corrected chi connectivity index (χ2v) is 11.5. The summed E-state index contributed by atoms with van der Waals surface area (Å²) in [6, 6.07) is 31.7. The zero-order valence-corrected chi connectivity index (χ0v) is 28.1. The number of rotatable bonds is 22. The smallest absolute Gasteiger partial charge is 0.119 e. The van der Waals surface area contributed by atoms with Gasteiger partial charge in [0.1, 0.15) is 23.0 Å². The van der Waals surface area contributed by atoms with Crippen molar-refractivity contribution in [2.75, 3.05) is 26.4 Å². The van der Waals surface area contributed by atoms with Gasteiger partial charge in [0.2, 0.25) is 0 Å². The van der Waals surface area contributed by atoms with E-state index in [1.807, 2.05) is 109 Å². The van der Waals surface area contributed by atoms with Gasteiger partial charge in [0.15, 0.2) is 0 Å². The van der Waals surface area contributed by atoms with Crippen LogP contribution in [0.1, 0.15) is 82.8 Å². The first-order valence-corrected chi connectivity index (χ1v) is 17.2. The van der Waals surface area contributed by atoms with Gasteiger partial charge in [-0.25, -0.2) is 0 Å². The zero-order chi connectivity index (χ0) is 32.8. The molecule has 4 rings (SSSR count). The van der Waals surface area contributed by atoms with Crippen LogP contribution in [0.2, 0.25) is 0 Å². The Kier molecular flexibility index (Phi) is 16.0. The van der Waals surface area contributed by atoms with E-state index in [9.17, 15) is 0 Å². The molecule has 0 spiro atoms. The lowest BCUT2D eigenvalue weighted by atomic mass is 10.2. The van der Waals surface area contributed by atoms with Gasteiger partial charge in [0, 0.05) is 18.9 Å². The third-order valence-corrected chi connectivity index (χ3v) is 7.52.